The fraction of sp³-hybridized carbons (Fsp3) is 0.455. The van der Waals surface area contributed by atoms with Crippen molar-refractivity contribution in [2.24, 2.45) is 0 Å². The molecule has 1 unspecified atom stereocenters. The number of nitrogens with one attached hydrogen (secondary N) is 1. The van der Waals surface area contributed by atoms with Gasteiger partial charge in [-0.2, -0.15) is 0 Å². The van der Waals surface area contributed by atoms with Gasteiger partial charge in [0.15, 0.2) is 0 Å². The maximum Gasteiger partial charge on any atom is 0.0992 e. The summed E-state index contributed by atoms with van der Waals surface area (Å²) in [4.78, 5) is 2.22. The predicted octanol–water partition coefficient (Wildman–Crippen LogP) is 0.477. The van der Waals surface area contributed by atoms with E-state index >= 15 is 0 Å². The highest BCUT2D eigenvalue weighted by Crippen LogP contribution is 2.17. The van der Waals surface area contributed by atoms with Crippen LogP contribution < -0.4 is 16.0 Å². The Labute approximate surface area is 89.7 Å². The van der Waals surface area contributed by atoms with Gasteiger partial charge in [-0.3, -0.25) is 0 Å². The molecule has 0 bridgehead atoms. The van der Waals surface area contributed by atoms with Gasteiger partial charge in [0.25, 0.3) is 0 Å². The Balaban J connectivity index is 2.06. The summed E-state index contributed by atoms with van der Waals surface area (Å²) in [6, 6.07) is 7.86. The van der Waals surface area contributed by atoms with E-state index in [9.17, 15) is 5.11 Å². The number of nitrogens with two attached hydrogens (primary N) is 1. The third-order valence-corrected chi connectivity index (χ3v) is 2.71. The van der Waals surface area contributed by atoms with Gasteiger partial charge in [-0.1, -0.05) is 0 Å². The fourth-order valence-electron chi connectivity index (χ4n) is 1.86. The van der Waals surface area contributed by atoms with Crippen LogP contribution in [0, 0.1) is 0 Å². The molecule has 1 aliphatic heterocycles. The van der Waals surface area contributed by atoms with E-state index in [0.717, 1.165) is 31.0 Å². The predicted molar refractivity (Wildman–Crippen MR) is 60.4 cm³/mol. The number of benzene rings is 1. The summed E-state index contributed by atoms with van der Waals surface area (Å²) in [5.74, 6) is 0. The summed E-state index contributed by atoms with van der Waals surface area (Å²) in [5.41, 5.74) is 7.54. The van der Waals surface area contributed by atoms with E-state index in [-0.39, 0.29) is 12.6 Å². The second-order valence-electron chi connectivity index (χ2n) is 3.86. The molecule has 1 radical (unpaired) electrons. The van der Waals surface area contributed by atoms with Crippen molar-refractivity contribution in [3.05, 3.63) is 24.3 Å². The molecule has 3 N–H and O–H groups in total. The minimum atomic E-state index is -0.0640. The Hall–Kier alpha value is -1.26. The number of anilines is 2. The van der Waals surface area contributed by atoms with Crippen molar-refractivity contribution in [2.75, 3.05) is 36.9 Å². The fourth-order valence-corrected chi connectivity index (χ4v) is 1.86. The van der Waals surface area contributed by atoms with Crippen LogP contribution >= 0.6 is 0 Å². The van der Waals surface area contributed by atoms with Crippen LogP contribution in [0.4, 0.5) is 11.4 Å². The SMILES string of the molecule is Nc1ccc(N2CCNC(C[O])C2)cc1. The van der Waals surface area contributed by atoms with Gasteiger partial charge in [-0.25, -0.2) is 5.11 Å². The molecule has 0 aliphatic carbocycles. The van der Waals surface area contributed by atoms with E-state index in [2.05, 4.69) is 10.2 Å². The molecular formula is C11H16N3O. The van der Waals surface area contributed by atoms with Crippen LogP contribution in [0.25, 0.3) is 0 Å². The first kappa shape index (κ1) is 10.3. The molecule has 1 fully saturated rings. The van der Waals surface area contributed by atoms with Crippen LogP contribution in [-0.2, 0) is 5.11 Å². The summed E-state index contributed by atoms with van der Waals surface area (Å²) in [6.07, 6.45) is 0. The number of hydrogen-bond acceptors (Lipinski definition) is 3. The molecule has 0 saturated carbocycles. The van der Waals surface area contributed by atoms with Crippen molar-refractivity contribution in [2.45, 2.75) is 6.04 Å². The number of nitrogen functional groups attached to an aromatic ring is 1. The summed E-state index contributed by atoms with van der Waals surface area (Å²) < 4.78 is 0. The molecule has 0 aromatic heterocycles. The lowest BCUT2D eigenvalue weighted by molar-refractivity contribution is 0.155. The Kier molecular flexibility index (Phi) is 3.08. The second-order valence-corrected chi connectivity index (χ2v) is 3.86. The molecule has 1 aromatic rings. The van der Waals surface area contributed by atoms with Crippen LogP contribution in [0.1, 0.15) is 0 Å². The molecular weight excluding hydrogens is 190 g/mol. The zero-order chi connectivity index (χ0) is 10.7. The maximum atomic E-state index is 10.8. The molecule has 4 heteroatoms. The molecule has 4 nitrogen and oxygen atoms in total. The average Bonchev–Trinajstić information content (AvgIpc) is 2.30. The van der Waals surface area contributed by atoms with Crippen molar-refractivity contribution in [3.63, 3.8) is 0 Å². The summed E-state index contributed by atoms with van der Waals surface area (Å²) in [7, 11) is 0. The van der Waals surface area contributed by atoms with Gasteiger partial charge >= 0.3 is 0 Å². The molecule has 81 valence electrons. The molecule has 0 spiro atoms. The van der Waals surface area contributed by atoms with Crippen LogP contribution in [-0.4, -0.2) is 32.3 Å². The summed E-state index contributed by atoms with van der Waals surface area (Å²) >= 11 is 0. The average molecular weight is 206 g/mol. The van der Waals surface area contributed by atoms with Gasteiger partial charge in [0, 0.05) is 31.0 Å². The van der Waals surface area contributed by atoms with Gasteiger partial charge in [-0.15, -0.1) is 0 Å². The van der Waals surface area contributed by atoms with Gasteiger partial charge < -0.3 is 16.0 Å². The van der Waals surface area contributed by atoms with E-state index < -0.39 is 0 Å². The molecule has 1 saturated heterocycles. The van der Waals surface area contributed by atoms with E-state index in [4.69, 9.17) is 5.73 Å². The minimum absolute atomic E-state index is 0.0640. The molecule has 1 atom stereocenters. The number of piperazine rings is 1. The standard InChI is InChI=1S/C11H16N3O/c12-9-1-3-11(4-2-9)14-6-5-13-10(7-14)8-15/h1-4,10,13H,5-8,12H2. The van der Waals surface area contributed by atoms with Crippen LogP contribution in [0.2, 0.25) is 0 Å². The molecule has 1 aliphatic rings. The Morgan fingerprint density at radius 1 is 1.40 bits per heavy atom. The van der Waals surface area contributed by atoms with E-state index in [1.807, 2.05) is 24.3 Å². The third kappa shape index (κ3) is 2.40. The molecule has 2 rings (SSSR count). The zero-order valence-corrected chi connectivity index (χ0v) is 8.65. The molecule has 15 heavy (non-hydrogen) atoms. The second kappa shape index (κ2) is 4.51. The normalized spacial score (nSPS) is 21.7. The molecule has 0 amide bonds. The van der Waals surface area contributed by atoms with Crippen LogP contribution in [0.3, 0.4) is 0 Å². The first-order valence-corrected chi connectivity index (χ1v) is 5.21. The van der Waals surface area contributed by atoms with Crippen LogP contribution in [0.5, 0.6) is 0 Å². The van der Waals surface area contributed by atoms with Crippen molar-refractivity contribution >= 4 is 11.4 Å². The summed E-state index contributed by atoms with van der Waals surface area (Å²) in [6.45, 7) is 2.54. The van der Waals surface area contributed by atoms with Crippen molar-refractivity contribution in [3.8, 4) is 0 Å². The highest BCUT2D eigenvalue weighted by atomic mass is 16.3. The summed E-state index contributed by atoms with van der Waals surface area (Å²) in [5, 5.41) is 14.0. The molecule has 1 aromatic carbocycles. The number of rotatable bonds is 2. The lowest BCUT2D eigenvalue weighted by Crippen LogP contribution is -2.52. The topological polar surface area (TPSA) is 61.2 Å². The highest BCUT2D eigenvalue weighted by molar-refractivity contribution is 5.53. The van der Waals surface area contributed by atoms with Gasteiger partial charge in [0.1, 0.15) is 0 Å². The van der Waals surface area contributed by atoms with Gasteiger partial charge in [-0.05, 0) is 24.3 Å². The van der Waals surface area contributed by atoms with Crippen molar-refractivity contribution in [1.82, 2.24) is 5.32 Å². The largest absolute Gasteiger partial charge is 0.399 e. The number of hydrogen-bond donors (Lipinski definition) is 2. The third-order valence-electron chi connectivity index (χ3n) is 2.71. The first-order valence-electron chi connectivity index (χ1n) is 5.21. The lowest BCUT2D eigenvalue weighted by Gasteiger charge is -2.34. The lowest BCUT2D eigenvalue weighted by atomic mass is 10.2. The maximum absolute atomic E-state index is 10.8. The first-order chi connectivity index (χ1) is 7.29. The molecule has 1 heterocycles. The number of nitrogens with zero attached hydrogens (tertiary/aromatic N) is 1. The van der Waals surface area contributed by atoms with Crippen molar-refractivity contribution in [1.29, 1.82) is 0 Å². The van der Waals surface area contributed by atoms with Crippen molar-refractivity contribution < 1.29 is 5.11 Å². The smallest absolute Gasteiger partial charge is 0.0992 e. The highest BCUT2D eigenvalue weighted by Gasteiger charge is 2.18. The zero-order valence-electron chi connectivity index (χ0n) is 8.65. The minimum Gasteiger partial charge on any atom is -0.399 e. The quantitative estimate of drug-likeness (QED) is 0.692. The van der Waals surface area contributed by atoms with Gasteiger partial charge in [0.2, 0.25) is 0 Å². The Morgan fingerprint density at radius 2 is 2.13 bits per heavy atom. The van der Waals surface area contributed by atoms with E-state index in [1.165, 1.54) is 0 Å². The van der Waals surface area contributed by atoms with E-state index in [1.54, 1.807) is 0 Å². The Morgan fingerprint density at radius 3 is 2.80 bits per heavy atom. The van der Waals surface area contributed by atoms with Crippen LogP contribution in [0.15, 0.2) is 24.3 Å². The van der Waals surface area contributed by atoms with Gasteiger partial charge in [0.05, 0.1) is 12.6 Å². The van der Waals surface area contributed by atoms with E-state index in [0.29, 0.717) is 0 Å². The monoisotopic (exact) mass is 206 g/mol. The Bertz CT molecular complexity index is 312.